The molecule has 2 amide bonds. The number of hydrogen-bond donors (Lipinski definition) is 2. The van der Waals surface area contributed by atoms with Crippen molar-refractivity contribution in [1.82, 2.24) is 10.2 Å². The van der Waals surface area contributed by atoms with Crippen molar-refractivity contribution in [3.8, 4) is 0 Å². The SMILES string of the molecule is CC(C)(SC1CN=C(NC(=O)N(CCOCc2ccccc2F)[C@H]2CC[C@H](C)CC2)S1)C(=O)O. The lowest BCUT2D eigenvalue weighted by Gasteiger charge is -2.36. The number of nitrogens with one attached hydrogen (secondary N) is 1. The van der Waals surface area contributed by atoms with E-state index in [9.17, 15) is 19.1 Å². The molecule has 2 N–H and O–H groups in total. The van der Waals surface area contributed by atoms with Gasteiger partial charge in [0.25, 0.3) is 0 Å². The summed E-state index contributed by atoms with van der Waals surface area (Å²) in [6, 6.07) is 6.42. The maximum atomic E-state index is 13.8. The molecule has 188 valence electrons. The number of rotatable bonds is 9. The zero-order valence-corrected chi connectivity index (χ0v) is 21.6. The highest BCUT2D eigenvalue weighted by atomic mass is 32.2. The lowest BCUT2D eigenvalue weighted by atomic mass is 9.86. The third-order valence-corrected chi connectivity index (χ3v) is 8.78. The Morgan fingerprint density at radius 2 is 2.00 bits per heavy atom. The van der Waals surface area contributed by atoms with Crippen molar-refractivity contribution in [3.05, 3.63) is 35.6 Å². The van der Waals surface area contributed by atoms with Gasteiger partial charge in [0.15, 0.2) is 5.17 Å². The Balaban J connectivity index is 1.54. The van der Waals surface area contributed by atoms with E-state index in [0.29, 0.717) is 36.3 Å². The quantitative estimate of drug-likeness (QED) is 0.456. The van der Waals surface area contributed by atoms with Crippen molar-refractivity contribution >= 4 is 40.7 Å². The van der Waals surface area contributed by atoms with Gasteiger partial charge in [0.2, 0.25) is 0 Å². The molecule has 0 saturated heterocycles. The number of ether oxygens (including phenoxy) is 1. The van der Waals surface area contributed by atoms with Gasteiger partial charge in [-0.25, -0.2) is 9.18 Å². The van der Waals surface area contributed by atoms with E-state index in [-0.39, 0.29) is 29.1 Å². The van der Waals surface area contributed by atoms with Crippen LogP contribution < -0.4 is 5.32 Å². The predicted octanol–water partition coefficient (Wildman–Crippen LogP) is 4.96. The summed E-state index contributed by atoms with van der Waals surface area (Å²) in [4.78, 5) is 30.9. The first kappa shape index (κ1) is 26.8. The number of aliphatic carboxylic acids is 1. The van der Waals surface area contributed by atoms with Gasteiger partial charge >= 0.3 is 12.0 Å². The summed E-state index contributed by atoms with van der Waals surface area (Å²) in [7, 11) is 0. The fourth-order valence-electron chi connectivity index (χ4n) is 3.99. The first-order valence-electron chi connectivity index (χ1n) is 11.7. The van der Waals surface area contributed by atoms with Crippen LogP contribution in [-0.4, -0.2) is 62.2 Å². The zero-order chi connectivity index (χ0) is 24.7. The molecule has 1 unspecified atom stereocenters. The van der Waals surface area contributed by atoms with Crippen LogP contribution in [0.5, 0.6) is 0 Å². The molecular formula is C24H34FN3O4S2. The van der Waals surface area contributed by atoms with Crippen LogP contribution in [-0.2, 0) is 16.1 Å². The number of nitrogens with zero attached hydrogens (tertiary/aromatic N) is 2. The van der Waals surface area contributed by atoms with E-state index in [0.717, 1.165) is 25.7 Å². The number of thioether (sulfide) groups is 2. The highest BCUT2D eigenvalue weighted by molar-refractivity contribution is 8.25. The average Bonchev–Trinajstić information content (AvgIpc) is 3.21. The van der Waals surface area contributed by atoms with Crippen LogP contribution in [0.15, 0.2) is 29.3 Å². The van der Waals surface area contributed by atoms with Crippen LogP contribution in [0.1, 0.15) is 52.0 Å². The molecule has 0 bridgehead atoms. The standard InChI is InChI=1S/C24H34FN3O4S2/c1-16-8-10-18(11-9-16)28(12-13-32-15-17-6-4-5-7-19(17)25)23(31)27-22-26-14-20(33-22)34-24(2,3)21(29)30/h4-7,16,18,20H,8-15H2,1-3H3,(H,29,30)(H,26,27,31)/t16-,18-,20?. The van der Waals surface area contributed by atoms with Gasteiger partial charge in [-0.2, -0.15) is 0 Å². The van der Waals surface area contributed by atoms with Gasteiger partial charge in [-0.15, -0.1) is 11.8 Å². The van der Waals surface area contributed by atoms with Gasteiger partial charge in [0.1, 0.15) is 10.6 Å². The van der Waals surface area contributed by atoms with Crippen molar-refractivity contribution < 1.29 is 23.8 Å². The van der Waals surface area contributed by atoms with Crippen LogP contribution in [0.2, 0.25) is 0 Å². The van der Waals surface area contributed by atoms with Gasteiger partial charge in [-0.05, 0) is 51.5 Å². The molecule has 1 aliphatic carbocycles. The maximum absolute atomic E-state index is 13.8. The summed E-state index contributed by atoms with van der Waals surface area (Å²) in [5, 5.41) is 12.8. The molecule has 1 saturated carbocycles. The lowest BCUT2D eigenvalue weighted by Crippen LogP contribution is -2.49. The molecule has 1 fully saturated rings. The smallest absolute Gasteiger partial charge is 0.323 e. The normalized spacial score (nSPS) is 22.8. The Labute approximate surface area is 209 Å². The van der Waals surface area contributed by atoms with E-state index < -0.39 is 10.7 Å². The number of urea groups is 1. The van der Waals surface area contributed by atoms with Crippen molar-refractivity contribution in [2.45, 2.75) is 68.4 Å². The van der Waals surface area contributed by atoms with E-state index >= 15 is 0 Å². The molecule has 1 heterocycles. The summed E-state index contributed by atoms with van der Waals surface area (Å²) >= 11 is 2.73. The third kappa shape index (κ3) is 7.61. The van der Waals surface area contributed by atoms with Gasteiger partial charge in [0.05, 0.1) is 24.3 Å². The second-order valence-corrected chi connectivity index (χ2v) is 12.6. The molecule has 1 aliphatic heterocycles. The lowest BCUT2D eigenvalue weighted by molar-refractivity contribution is -0.138. The molecule has 2 aliphatic rings. The molecule has 10 heteroatoms. The number of carbonyl (C=O) groups is 2. The summed E-state index contributed by atoms with van der Waals surface area (Å²) < 4.78 is 18.6. The number of benzene rings is 1. The number of amides is 2. The second kappa shape index (κ2) is 12.3. The zero-order valence-electron chi connectivity index (χ0n) is 20.0. The van der Waals surface area contributed by atoms with E-state index in [4.69, 9.17) is 4.74 Å². The van der Waals surface area contributed by atoms with Crippen LogP contribution in [0.4, 0.5) is 9.18 Å². The number of hydrogen-bond acceptors (Lipinski definition) is 6. The van der Waals surface area contributed by atoms with E-state index in [1.165, 1.54) is 29.6 Å². The van der Waals surface area contributed by atoms with E-state index in [1.54, 1.807) is 32.0 Å². The van der Waals surface area contributed by atoms with Crippen LogP contribution >= 0.6 is 23.5 Å². The number of carboxylic acids is 1. The van der Waals surface area contributed by atoms with Gasteiger partial charge < -0.3 is 14.7 Å². The molecule has 0 spiro atoms. The second-order valence-electron chi connectivity index (χ2n) is 9.31. The Bertz CT molecular complexity index is 891. The third-order valence-electron chi connectivity index (χ3n) is 6.16. The van der Waals surface area contributed by atoms with E-state index in [2.05, 4.69) is 17.2 Å². The molecule has 3 rings (SSSR count). The van der Waals surface area contributed by atoms with Gasteiger partial charge in [-0.1, -0.05) is 36.9 Å². The summed E-state index contributed by atoms with van der Waals surface area (Å²) in [5.41, 5.74) is 0.495. The minimum Gasteiger partial charge on any atom is -0.480 e. The predicted molar refractivity (Wildman–Crippen MR) is 136 cm³/mol. The Morgan fingerprint density at radius 3 is 2.68 bits per heavy atom. The number of halogens is 1. The summed E-state index contributed by atoms with van der Waals surface area (Å²) in [6.45, 7) is 6.90. The Morgan fingerprint density at radius 1 is 1.29 bits per heavy atom. The number of carboxylic acid groups (broad SMARTS) is 1. The highest BCUT2D eigenvalue weighted by Gasteiger charge is 2.35. The number of carbonyl (C=O) groups excluding carboxylic acids is 1. The topological polar surface area (TPSA) is 91.2 Å². The van der Waals surface area contributed by atoms with Crippen LogP contribution in [0.25, 0.3) is 0 Å². The van der Waals surface area contributed by atoms with Crippen molar-refractivity contribution in [1.29, 1.82) is 0 Å². The van der Waals surface area contributed by atoms with Gasteiger partial charge in [-0.3, -0.25) is 15.1 Å². The Hall–Kier alpha value is -1.78. The molecule has 34 heavy (non-hydrogen) atoms. The largest absolute Gasteiger partial charge is 0.480 e. The average molecular weight is 512 g/mol. The minimum atomic E-state index is -0.924. The molecule has 7 nitrogen and oxygen atoms in total. The summed E-state index contributed by atoms with van der Waals surface area (Å²) in [5.74, 6) is -0.514. The van der Waals surface area contributed by atoms with Crippen LogP contribution in [0, 0.1) is 11.7 Å². The highest BCUT2D eigenvalue weighted by Crippen LogP contribution is 2.38. The fourth-order valence-corrected chi connectivity index (χ4v) is 6.78. The molecule has 0 radical (unpaired) electrons. The summed E-state index contributed by atoms with van der Waals surface area (Å²) in [6.07, 6.45) is 4.02. The van der Waals surface area contributed by atoms with Gasteiger partial charge in [0, 0.05) is 18.2 Å². The maximum Gasteiger partial charge on any atom is 0.323 e. The van der Waals surface area contributed by atoms with E-state index in [1.807, 2.05) is 4.90 Å². The molecule has 1 aromatic carbocycles. The number of aliphatic imine (C=N–C) groups is 1. The molecule has 1 atom stereocenters. The van der Waals surface area contributed by atoms with Crippen LogP contribution in [0.3, 0.4) is 0 Å². The monoisotopic (exact) mass is 511 g/mol. The molecule has 1 aromatic rings. The minimum absolute atomic E-state index is 0.0607. The van der Waals surface area contributed by atoms with Crippen molar-refractivity contribution in [2.24, 2.45) is 10.9 Å². The first-order valence-corrected chi connectivity index (χ1v) is 13.4. The van der Waals surface area contributed by atoms with Crippen molar-refractivity contribution in [2.75, 3.05) is 19.7 Å². The molecular weight excluding hydrogens is 477 g/mol. The first-order chi connectivity index (χ1) is 16.2. The number of amidine groups is 1. The van der Waals surface area contributed by atoms with Crippen molar-refractivity contribution in [3.63, 3.8) is 0 Å². The fraction of sp³-hybridized carbons (Fsp3) is 0.625. The Kier molecular flexibility index (Phi) is 9.67. The molecule has 0 aromatic heterocycles.